The number of hydrogen-bond donors (Lipinski definition) is 2. The number of aromatic nitrogens is 6. The Balaban J connectivity index is 0.000000160. The average molecular weight is 820 g/mol. The minimum atomic E-state index is -0.194. The van der Waals surface area contributed by atoms with E-state index in [0.29, 0.717) is 40.6 Å². The zero-order chi connectivity index (χ0) is 41.1. The second-order valence-corrected chi connectivity index (χ2v) is 14.9. The predicted octanol–water partition coefficient (Wildman–Crippen LogP) is 11.0. The standard InChI is InChI=1S/C23H20N4O3.C22H19N3O2S.C2H6/c28-20(22-26-19-4-2-11-24-21(19)27-22)16-5-7-17(8-6-16)30-23-18(3-1-12-25-23)15-9-13-29-14-10-15;1-2-6-20-19(5-1)25-22(28-20)24-16-7-9-17(10-8-16)27-21-18(4-3-12-23-21)15-11-13-26-14-15;1-2/h1-8,11-12,15H,9-10,13-14H2,(H,24,26,27);1-10,12,15H,11,13-14H2,(H,24,25);1-2H3/t;15-;/m.1./s1. The predicted molar refractivity (Wildman–Crippen MR) is 234 cm³/mol. The quantitative estimate of drug-likeness (QED) is 0.127. The SMILES string of the molecule is CC.O=C(c1ccc(Oc2ncccc2C2CCOCC2)cc1)c1nc2ncccc2[nH]1.c1cnc(Oc2ccc(Nc3nc4ccccc4s3)cc2)c([C@@H]2CCOC2)c1. The van der Waals surface area contributed by atoms with Crippen LogP contribution in [0.2, 0.25) is 0 Å². The van der Waals surface area contributed by atoms with E-state index in [4.69, 9.17) is 18.9 Å². The molecule has 1 atom stereocenters. The smallest absolute Gasteiger partial charge is 0.228 e. The molecule has 5 aromatic heterocycles. The molecule has 12 nitrogen and oxygen atoms in total. The van der Waals surface area contributed by atoms with Gasteiger partial charge in [0, 0.05) is 66.7 Å². The van der Waals surface area contributed by atoms with Crippen LogP contribution in [0, 0.1) is 0 Å². The number of rotatable bonds is 10. The lowest BCUT2D eigenvalue weighted by Gasteiger charge is -2.23. The van der Waals surface area contributed by atoms with E-state index in [9.17, 15) is 4.79 Å². The Labute approximate surface area is 352 Å². The van der Waals surface area contributed by atoms with Crippen LogP contribution in [-0.2, 0) is 9.47 Å². The number of thiazole rings is 1. The van der Waals surface area contributed by atoms with Crippen LogP contribution >= 0.6 is 11.3 Å². The highest BCUT2D eigenvalue weighted by Gasteiger charge is 2.23. The van der Waals surface area contributed by atoms with Gasteiger partial charge < -0.3 is 29.2 Å². The van der Waals surface area contributed by atoms with E-state index in [1.54, 1.807) is 60.3 Å². The molecule has 7 heterocycles. The summed E-state index contributed by atoms with van der Waals surface area (Å²) in [6, 6.07) is 34.7. The Kier molecular flexibility index (Phi) is 13.1. The molecule has 0 saturated carbocycles. The van der Waals surface area contributed by atoms with Crippen LogP contribution in [0.4, 0.5) is 10.8 Å². The fraction of sp³-hybridized carbons (Fsp3) is 0.234. The third-order valence-corrected chi connectivity index (χ3v) is 11.0. The first-order chi connectivity index (χ1) is 29.6. The van der Waals surface area contributed by atoms with Crippen molar-refractivity contribution in [1.29, 1.82) is 0 Å². The summed E-state index contributed by atoms with van der Waals surface area (Å²) >= 11 is 1.64. The molecule has 0 unspecified atom stereocenters. The Bertz CT molecular complexity index is 2570. The van der Waals surface area contributed by atoms with Gasteiger partial charge in [0.25, 0.3) is 0 Å². The van der Waals surface area contributed by atoms with Gasteiger partial charge in [0.2, 0.25) is 17.5 Å². The number of benzene rings is 3. The van der Waals surface area contributed by atoms with Gasteiger partial charge in [-0.3, -0.25) is 4.79 Å². The largest absolute Gasteiger partial charge is 0.439 e. The third kappa shape index (κ3) is 9.66. The second-order valence-electron chi connectivity index (χ2n) is 13.9. The molecular formula is C47H45N7O5S. The molecule has 304 valence electrons. The van der Waals surface area contributed by atoms with E-state index >= 15 is 0 Å². The molecule has 10 rings (SSSR count). The summed E-state index contributed by atoms with van der Waals surface area (Å²) in [5.41, 5.74) is 5.96. The Morgan fingerprint density at radius 3 is 1.97 bits per heavy atom. The van der Waals surface area contributed by atoms with Crippen molar-refractivity contribution in [3.05, 3.63) is 150 Å². The zero-order valence-electron chi connectivity index (χ0n) is 33.4. The van der Waals surface area contributed by atoms with Gasteiger partial charge in [-0.1, -0.05) is 49.4 Å². The van der Waals surface area contributed by atoms with Gasteiger partial charge in [0.1, 0.15) is 11.5 Å². The number of ether oxygens (including phenoxy) is 4. The highest BCUT2D eigenvalue weighted by molar-refractivity contribution is 7.22. The fourth-order valence-corrected chi connectivity index (χ4v) is 7.92. The minimum absolute atomic E-state index is 0.194. The van der Waals surface area contributed by atoms with Crippen molar-refractivity contribution in [3.8, 4) is 23.3 Å². The van der Waals surface area contributed by atoms with Gasteiger partial charge in [0.15, 0.2) is 16.6 Å². The van der Waals surface area contributed by atoms with Crippen molar-refractivity contribution in [2.24, 2.45) is 0 Å². The molecule has 2 fully saturated rings. The van der Waals surface area contributed by atoms with E-state index in [2.05, 4.69) is 53.4 Å². The van der Waals surface area contributed by atoms with E-state index < -0.39 is 0 Å². The minimum Gasteiger partial charge on any atom is -0.439 e. The summed E-state index contributed by atoms with van der Waals surface area (Å²) in [5.74, 6) is 3.45. The number of imidazole rings is 1. The Morgan fingerprint density at radius 2 is 1.30 bits per heavy atom. The monoisotopic (exact) mass is 819 g/mol. The molecule has 3 aromatic carbocycles. The number of carbonyl (C=O) groups is 1. The fourth-order valence-electron chi connectivity index (χ4n) is 7.03. The first kappa shape index (κ1) is 40.2. The first-order valence-electron chi connectivity index (χ1n) is 20.2. The van der Waals surface area contributed by atoms with Crippen molar-refractivity contribution in [3.63, 3.8) is 0 Å². The molecule has 60 heavy (non-hydrogen) atoms. The van der Waals surface area contributed by atoms with Crippen molar-refractivity contribution in [1.82, 2.24) is 29.9 Å². The second kappa shape index (κ2) is 19.5. The van der Waals surface area contributed by atoms with E-state index in [0.717, 1.165) is 84.4 Å². The number of aromatic amines is 1. The molecule has 2 aliphatic rings. The average Bonchev–Trinajstić information content (AvgIpc) is 4.10. The molecular weight excluding hydrogens is 775 g/mol. The lowest BCUT2D eigenvalue weighted by atomic mass is 9.92. The van der Waals surface area contributed by atoms with Crippen molar-refractivity contribution >= 4 is 49.3 Å². The molecule has 2 saturated heterocycles. The maximum Gasteiger partial charge on any atom is 0.228 e. The first-order valence-corrected chi connectivity index (χ1v) is 21.0. The van der Waals surface area contributed by atoms with Crippen molar-refractivity contribution in [2.75, 3.05) is 31.7 Å². The highest BCUT2D eigenvalue weighted by atomic mass is 32.1. The van der Waals surface area contributed by atoms with Crippen molar-refractivity contribution in [2.45, 2.75) is 44.9 Å². The van der Waals surface area contributed by atoms with Gasteiger partial charge in [-0.15, -0.1) is 0 Å². The van der Waals surface area contributed by atoms with E-state index in [-0.39, 0.29) is 11.6 Å². The van der Waals surface area contributed by atoms with Crippen LogP contribution in [0.15, 0.2) is 128 Å². The number of hydrogen-bond acceptors (Lipinski definition) is 12. The van der Waals surface area contributed by atoms with Crippen LogP contribution in [0.3, 0.4) is 0 Å². The summed E-state index contributed by atoms with van der Waals surface area (Å²) in [6.45, 7) is 7.04. The van der Waals surface area contributed by atoms with Crippen molar-refractivity contribution < 1.29 is 23.7 Å². The molecule has 0 radical (unpaired) electrons. The van der Waals surface area contributed by atoms with Gasteiger partial charge in [0.05, 0.1) is 22.3 Å². The molecule has 0 spiro atoms. The molecule has 0 aliphatic carbocycles. The number of H-pyrrole nitrogens is 1. The Hall–Kier alpha value is -6.54. The Morgan fingerprint density at radius 1 is 0.683 bits per heavy atom. The number of nitrogens with zero attached hydrogens (tertiary/aromatic N) is 5. The number of para-hydroxylation sites is 1. The van der Waals surface area contributed by atoms with Crippen LogP contribution in [0.1, 0.15) is 72.3 Å². The molecule has 8 aromatic rings. The number of ketones is 1. The number of nitrogens with one attached hydrogen (secondary N) is 2. The van der Waals surface area contributed by atoms with E-state index in [1.165, 1.54) is 4.70 Å². The molecule has 0 amide bonds. The highest BCUT2D eigenvalue weighted by Crippen LogP contribution is 2.36. The normalized spacial score (nSPS) is 15.1. The van der Waals surface area contributed by atoms with Crippen LogP contribution < -0.4 is 14.8 Å². The summed E-state index contributed by atoms with van der Waals surface area (Å²) in [6.07, 6.45) is 8.07. The maximum absolute atomic E-state index is 12.8. The molecule has 2 N–H and O–H groups in total. The maximum atomic E-state index is 12.8. The lowest BCUT2D eigenvalue weighted by molar-refractivity contribution is 0.0848. The van der Waals surface area contributed by atoms with Crippen LogP contribution in [0.25, 0.3) is 21.4 Å². The van der Waals surface area contributed by atoms with Gasteiger partial charge in [-0.2, -0.15) is 0 Å². The lowest BCUT2D eigenvalue weighted by Crippen LogP contribution is -2.15. The molecule has 13 heteroatoms. The van der Waals surface area contributed by atoms with Gasteiger partial charge in [-0.25, -0.2) is 24.9 Å². The third-order valence-electron chi connectivity index (χ3n) is 10.0. The van der Waals surface area contributed by atoms with Crippen LogP contribution in [0.5, 0.6) is 23.3 Å². The van der Waals surface area contributed by atoms with E-state index in [1.807, 2.05) is 74.5 Å². The zero-order valence-corrected chi connectivity index (χ0v) is 34.2. The summed E-state index contributed by atoms with van der Waals surface area (Å²) in [5, 5.41) is 4.24. The summed E-state index contributed by atoms with van der Waals surface area (Å²) in [7, 11) is 0. The van der Waals surface area contributed by atoms with Crippen LogP contribution in [-0.4, -0.2) is 62.1 Å². The van der Waals surface area contributed by atoms with Gasteiger partial charge in [-0.05, 0) is 110 Å². The molecule has 2 aliphatic heterocycles. The topological polar surface area (TPSA) is 146 Å². The van der Waals surface area contributed by atoms with Gasteiger partial charge >= 0.3 is 0 Å². The summed E-state index contributed by atoms with van der Waals surface area (Å²) < 4.78 is 24.3. The molecule has 0 bridgehead atoms. The number of fused-ring (bicyclic) bond motifs is 2. The number of anilines is 2. The number of carbonyl (C=O) groups excluding carboxylic acids is 1. The number of pyridine rings is 3. The summed E-state index contributed by atoms with van der Waals surface area (Å²) in [4.78, 5) is 37.7.